The zero-order chi connectivity index (χ0) is 44.3. The van der Waals surface area contributed by atoms with Gasteiger partial charge in [0, 0.05) is 51.0 Å². The van der Waals surface area contributed by atoms with Gasteiger partial charge in [-0.15, -0.1) is 0 Å². The highest BCUT2D eigenvalue weighted by molar-refractivity contribution is 5.83. The zero-order valence-corrected chi connectivity index (χ0v) is 37.2. The Morgan fingerprint density at radius 2 is 1.53 bits per heavy atom. The predicted molar refractivity (Wildman–Crippen MR) is 232 cm³/mol. The van der Waals surface area contributed by atoms with Crippen LogP contribution in [0.5, 0.6) is 23.0 Å². The predicted octanol–water partition coefficient (Wildman–Crippen LogP) is 7.21. The first kappa shape index (κ1) is 44.3. The fourth-order valence-corrected chi connectivity index (χ4v) is 10.2. The van der Waals surface area contributed by atoms with Crippen molar-refractivity contribution < 1.29 is 42.5 Å². The van der Waals surface area contributed by atoms with Crippen molar-refractivity contribution in [2.45, 2.75) is 83.4 Å². The minimum Gasteiger partial charge on any atom is -0.493 e. The first-order chi connectivity index (χ1) is 29.9. The molecular weight excluding hydrogens is 793 g/mol. The third-order valence-corrected chi connectivity index (χ3v) is 13.4. The van der Waals surface area contributed by atoms with Crippen LogP contribution in [0.3, 0.4) is 0 Å². The van der Waals surface area contributed by atoms with Crippen molar-refractivity contribution in [1.82, 2.24) is 19.3 Å². The van der Waals surface area contributed by atoms with E-state index in [1.807, 2.05) is 67.3 Å². The summed E-state index contributed by atoms with van der Waals surface area (Å²) in [5.74, 6) is 0.118. The largest absolute Gasteiger partial charge is 0.493 e. The molecular formula is C48H60N4O10. The van der Waals surface area contributed by atoms with Crippen LogP contribution in [0.25, 0.3) is 0 Å². The number of fused-ring (bicyclic) bond motifs is 3. The molecule has 2 amide bonds. The average molecular weight is 853 g/mol. The number of carbonyl (C=O) groups is 3. The second-order valence-electron chi connectivity index (χ2n) is 16.9. The normalized spacial score (nSPS) is 20.9. The smallest absolute Gasteiger partial charge is 0.426 e. The van der Waals surface area contributed by atoms with Crippen molar-refractivity contribution in [1.29, 1.82) is 0 Å². The van der Waals surface area contributed by atoms with Crippen molar-refractivity contribution in [3.05, 3.63) is 105 Å². The number of amides is 2. The maximum atomic E-state index is 15.2. The second kappa shape index (κ2) is 18.7. The zero-order valence-electron chi connectivity index (χ0n) is 37.2. The SMILES string of the molecule is CCN1CCc2cc(OC)c(OC)cc2C1[C@H]1C[C@H](C(=O)n2c(C(C)C)coc2=O)CC[C@]12c1cc(OC)c(OC)cc1CCN2C(=O)CCN(C)C(=O)OCc1ccccc1. The number of hydrogen-bond acceptors (Lipinski definition) is 11. The van der Waals surface area contributed by atoms with E-state index >= 15 is 4.79 Å². The number of rotatable bonds is 13. The number of nitrogens with zero attached hydrogens (tertiary/aromatic N) is 4. The van der Waals surface area contributed by atoms with E-state index in [1.165, 1.54) is 15.7 Å². The van der Waals surface area contributed by atoms with Gasteiger partial charge in [0.2, 0.25) is 11.8 Å². The number of methoxy groups -OCH3 is 4. The van der Waals surface area contributed by atoms with E-state index in [9.17, 15) is 14.4 Å². The Morgan fingerprint density at radius 1 is 0.887 bits per heavy atom. The highest BCUT2D eigenvalue weighted by Crippen LogP contribution is 2.59. The summed E-state index contributed by atoms with van der Waals surface area (Å²) in [5.41, 5.74) is 4.54. The molecule has 0 radical (unpaired) electrons. The van der Waals surface area contributed by atoms with Gasteiger partial charge < -0.3 is 37.9 Å². The number of hydrogen-bond donors (Lipinski definition) is 0. The maximum Gasteiger partial charge on any atom is 0.426 e. The molecule has 14 heteroatoms. The fraction of sp³-hybridized carbons (Fsp3) is 0.500. The van der Waals surface area contributed by atoms with Crippen LogP contribution in [0, 0.1) is 11.8 Å². The summed E-state index contributed by atoms with van der Waals surface area (Å²) in [6.45, 7) is 8.07. The molecule has 4 aromatic rings. The quantitative estimate of drug-likeness (QED) is 0.135. The Kier molecular flexibility index (Phi) is 13.4. The average Bonchev–Trinajstić information content (AvgIpc) is 3.70. The number of likely N-dealkylation sites (N-methyl/N-ethyl adjacent to an activating group) is 1. The van der Waals surface area contributed by atoms with E-state index in [4.69, 9.17) is 28.1 Å². The fourth-order valence-electron chi connectivity index (χ4n) is 10.2. The maximum absolute atomic E-state index is 15.2. The topological polar surface area (TPSA) is 142 Å². The molecule has 3 heterocycles. The summed E-state index contributed by atoms with van der Waals surface area (Å²) in [7, 11) is 8.11. The lowest BCUT2D eigenvalue weighted by Crippen LogP contribution is -2.63. The first-order valence-corrected chi connectivity index (χ1v) is 21.6. The number of aromatic nitrogens is 1. The molecule has 332 valence electrons. The van der Waals surface area contributed by atoms with Gasteiger partial charge in [0.05, 0.1) is 39.7 Å². The van der Waals surface area contributed by atoms with Crippen LogP contribution in [0.2, 0.25) is 0 Å². The number of oxazole rings is 1. The lowest BCUT2D eigenvalue weighted by molar-refractivity contribution is -0.149. The van der Waals surface area contributed by atoms with Crippen molar-refractivity contribution >= 4 is 17.9 Å². The standard InChI is InChI=1S/C48H60N4O10/c1-9-50-21-16-32-24-39(57-5)41(59-7)26-35(32)44(50)37-23-34(45(54)52-38(30(2)3)29-62-47(52)56)15-19-48(37)36-27-42(60-8)40(58-6)25-33(36)17-22-51(48)43(53)18-20-49(4)46(55)61-28-31-13-11-10-12-14-31/h10-14,24-27,29-30,34,37,44H,9,15-23,28H2,1-8H3/t34-,37-,44?,48+/m1/s1. The lowest BCUT2D eigenvalue weighted by Gasteiger charge is -2.59. The molecule has 1 aromatic heterocycles. The van der Waals surface area contributed by atoms with Crippen LogP contribution in [0.1, 0.15) is 96.7 Å². The van der Waals surface area contributed by atoms with Crippen LogP contribution in [-0.2, 0) is 34.5 Å². The highest BCUT2D eigenvalue weighted by Gasteiger charge is 2.58. The van der Waals surface area contributed by atoms with E-state index in [2.05, 4.69) is 17.9 Å². The number of ether oxygens (including phenoxy) is 5. The molecule has 7 rings (SSSR count). The summed E-state index contributed by atoms with van der Waals surface area (Å²) < 4.78 is 35.6. The van der Waals surface area contributed by atoms with E-state index in [0.717, 1.165) is 40.8 Å². The van der Waals surface area contributed by atoms with E-state index in [1.54, 1.807) is 35.5 Å². The molecule has 1 unspecified atom stereocenters. The molecule has 1 saturated carbocycles. The van der Waals surface area contributed by atoms with Gasteiger partial charge in [-0.2, -0.15) is 0 Å². The van der Waals surface area contributed by atoms with Gasteiger partial charge in [0.15, 0.2) is 23.0 Å². The van der Waals surface area contributed by atoms with Gasteiger partial charge >= 0.3 is 11.8 Å². The van der Waals surface area contributed by atoms with Crippen LogP contribution in [0.4, 0.5) is 4.79 Å². The van der Waals surface area contributed by atoms with E-state index in [-0.39, 0.29) is 49.3 Å². The molecule has 3 aromatic carbocycles. The van der Waals surface area contributed by atoms with Crippen LogP contribution >= 0.6 is 0 Å². The number of benzene rings is 3. The van der Waals surface area contributed by atoms with Crippen molar-refractivity contribution in [2.75, 3.05) is 61.7 Å². The molecule has 1 spiro atoms. The van der Waals surface area contributed by atoms with Gasteiger partial charge in [0.1, 0.15) is 12.9 Å². The highest BCUT2D eigenvalue weighted by atomic mass is 16.6. The van der Waals surface area contributed by atoms with Crippen LogP contribution < -0.4 is 24.7 Å². The summed E-state index contributed by atoms with van der Waals surface area (Å²) in [5, 5.41) is 0. The lowest BCUT2D eigenvalue weighted by atomic mass is 9.58. The molecule has 0 N–H and O–H groups in total. The third-order valence-electron chi connectivity index (χ3n) is 13.4. The monoisotopic (exact) mass is 852 g/mol. The van der Waals surface area contributed by atoms with Gasteiger partial charge in [-0.3, -0.25) is 14.5 Å². The molecule has 1 aliphatic carbocycles. The Balaban J connectivity index is 1.36. The number of carbonyl (C=O) groups excluding carboxylic acids is 3. The Labute approximate surface area is 363 Å². The van der Waals surface area contributed by atoms with Crippen molar-refractivity contribution in [3.63, 3.8) is 0 Å². The van der Waals surface area contributed by atoms with Gasteiger partial charge in [-0.05, 0) is 96.6 Å². The van der Waals surface area contributed by atoms with Gasteiger partial charge in [0.25, 0.3) is 0 Å². The summed E-state index contributed by atoms with van der Waals surface area (Å²) in [6, 6.07) is 17.3. The first-order valence-electron chi connectivity index (χ1n) is 21.6. The molecule has 4 atom stereocenters. The molecule has 1 fully saturated rings. The second-order valence-corrected chi connectivity index (χ2v) is 16.9. The van der Waals surface area contributed by atoms with Gasteiger partial charge in [-0.25, -0.2) is 14.2 Å². The molecule has 2 aliphatic heterocycles. The third kappa shape index (κ3) is 8.16. The minimum atomic E-state index is -0.963. The minimum absolute atomic E-state index is 0.0440. The molecule has 0 saturated heterocycles. The summed E-state index contributed by atoms with van der Waals surface area (Å²) >= 11 is 0. The molecule has 3 aliphatic rings. The van der Waals surface area contributed by atoms with Crippen LogP contribution in [-0.4, -0.2) is 98.8 Å². The molecule has 62 heavy (non-hydrogen) atoms. The van der Waals surface area contributed by atoms with Crippen molar-refractivity contribution in [3.8, 4) is 23.0 Å². The Hall–Kier alpha value is -5.76. The summed E-state index contributed by atoms with van der Waals surface area (Å²) in [4.78, 5) is 62.3. The summed E-state index contributed by atoms with van der Waals surface area (Å²) in [6.07, 6.45) is 3.39. The Bertz CT molecular complexity index is 2320. The van der Waals surface area contributed by atoms with Gasteiger partial charge in [-0.1, -0.05) is 51.1 Å². The molecule has 14 nitrogen and oxygen atoms in total. The van der Waals surface area contributed by atoms with Crippen LogP contribution in [0.15, 0.2) is 70.1 Å². The van der Waals surface area contributed by atoms with E-state index in [0.29, 0.717) is 67.5 Å². The Morgan fingerprint density at radius 3 is 2.19 bits per heavy atom. The molecule has 0 bridgehead atoms. The van der Waals surface area contributed by atoms with Crippen molar-refractivity contribution in [2.24, 2.45) is 11.8 Å². The van der Waals surface area contributed by atoms with E-state index < -0.39 is 23.3 Å².